The first kappa shape index (κ1) is 18.6. The summed E-state index contributed by atoms with van der Waals surface area (Å²) < 4.78 is 12.3. The lowest BCUT2D eigenvalue weighted by molar-refractivity contribution is -0.197. The van der Waals surface area contributed by atoms with Gasteiger partial charge in [0.15, 0.2) is 5.79 Å². The fourth-order valence-electron chi connectivity index (χ4n) is 3.75. The molecule has 1 saturated heterocycles. The van der Waals surface area contributed by atoms with E-state index in [1.165, 1.54) is 0 Å². The van der Waals surface area contributed by atoms with Crippen molar-refractivity contribution in [1.82, 2.24) is 4.90 Å². The summed E-state index contributed by atoms with van der Waals surface area (Å²) in [5.41, 5.74) is 0.354. The summed E-state index contributed by atoms with van der Waals surface area (Å²) >= 11 is 0. The van der Waals surface area contributed by atoms with Gasteiger partial charge in [-0.1, -0.05) is 20.8 Å². The summed E-state index contributed by atoms with van der Waals surface area (Å²) in [6.07, 6.45) is 7.63. The second-order valence-electron chi connectivity index (χ2n) is 7.97. The molecule has 2 fully saturated rings. The molecule has 2 aliphatic rings. The summed E-state index contributed by atoms with van der Waals surface area (Å²) in [6.45, 7) is 9.08. The molecule has 0 aromatic carbocycles. The molecule has 1 aliphatic heterocycles. The fourth-order valence-corrected chi connectivity index (χ4v) is 3.75. The van der Waals surface area contributed by atoms with Crippen LogP contribution in [0.5, 0.6) is 0 Å². The van der Waals surface area contributed by atoms with Gasteiger partial charge in [-0.2, -0.15) is 0 Å². The molecule has 5 nitrogen and oxygen atoms in total. The zero-order valence-corrected chi connectivity index (χ0v) is 14.8. The zero-order valence-electron chi connectivity index (χ0n) is 14.8. The largest absolute Gasteiger partial charge is 0.514 e. The van der Waals surface area contributed by atoms with E-state index in [2.05, 4.69) is 20.8 Å². The topological polar surface area (TPSA) is 62.2 Å². The van der Waals surface area contributed by atoms with Gasteiger partial charge in [-0.3, -0.25) is 0 Å². The van der Waals surface area contributed by atoms with Crippen molar-refractivity contribution in [2.75, 3.05) is 26.3 Å². The number of ether oxygens (including phenoxy) is 2. The van der Waals surface area contributed by atoms with Crippen molar-refractivity contribution in [3.05, 3.63) is 12.5 Å². The van der Waals surface area contributed by atoms with Gasteiger partial charge < -0.3 is 24.6 Å². The third-order valence-corrected chi connectivity index (χ3v) is 5.20. The number of hydrogen-bond acceptors (Lipinski definition) is 5. The van der Waals surface area contributed by atoms with Gasteiger partial charge in [-0.15, -0.1) is 0 Å². The van der Waals surface area contributed by atoms with Gasteiger partial charge in [-0.25, -0.2) is 0 Å². The Kier molecular flexibility index (Phi) is 6.34. The van der Waals surface area contributed by atoms with Crippen molar-refractivity contribution < 1.29 is 19.7 Å². The Bertz CT molecular complexity index is 383. The van der Waals surface area contributed by atoms with Gasteiger partial charge in [0, 0.05) is 38.7 Å². The first-order chi connectivity index (χ1) is 10.9. The molecule has 0 bridgehead atoms. The van der Waals surface area contributed by atoms with Gasteiger partial charge in [-0.05, 0) is 30.6 Å². The highest BCUT2D eigenvalue weighted by Gasteiger charge is 2.46. The Morgan fingerprint density at radius 1 is 1.26 bits per heavy atom. The lowest BCUT2D eigenvalue weighted by Crippen LogP contribution is -2.40. The minimum atomic E-state index is -0.391. The molecule has 5 heteroatoms. The number of aliphatic hydroxyl groups excluding tert-OH is 2. The van der Waals surface area contributed by atoms with E-state index in [0.29, 0.717) is 31.5 Å². The Balaban J connectivity index is 1.84. The van der Waals surface area contributed by atoms with Crippen molar-refractivity contribution >= 4 is 0 Å². The molecule has 0 aromatic heterocycles. The summed E-state index contributed by atoms with van der Waals surface area (Å²) in [4.78, 5) is 1.98. The van der Waals surface area contributed by atoms with Crippen LogP contribution in [0.2, 0.25) is 0 Å². The van der Waals surface area contributed by atoms with E-state index >= 15 is 0 Å². The van der Waals surface area contributed by atoms with Crippen LogP contribution in [0, 0.1) is 11.3 Å². The lowest BCUT2D eigenvalue weighted by Gasteiger charge is -2.41. The van der Waals surface area contributed by atoms with Crippen molar-refractivity contribution in [3.63, 3.8) is 0 Å². The van der Waals surface area contributed by atoms with Crippen LogP contribution >= 0.6 is 0 Å². The van der Waals surface area contributed by atoms with Crippen molar-refractivity contribution in [2.24, 2.45) is 11.3 Å². The minimum absolute atomic E-state index is 0.0241. The van der Waals surface area contributed by atoms with Crippen LogP contribution in [0.3, 0.4) is 0 Å². The molecule has 1 spiro atoms. The molecule has 1 unspecified atom stereocenters. The highest BCUT2D eigenvalue weighted by molar-refractivity contribution is 4.90. The van der Waals surface area contributed by atoms with Gasteiger partial charge in [0.2, 0.25) is 0 Å². The monoisotopic (exact) mass is 327 g/mol. The molecular weight excluding hydrogens is 294 g/mol. The van der Waals surface area contributed by atoms with E-state index < -0.39 is 5.79 Å². The molecule has 134 valence electrons. The van der Waals surface area contributed by atoms with Crippen molar-refractivity contribution in [1.29, 1.82) is 0 Å². The lowest BCUT2D eigenvalue weighted by atomic mass is 9.71. The van der Waals surface area contributed by atoms with E-state index in [1.54, 1.807) is 6.20 Å². The van der Waals surface area contributed by atoms with Crippen molar-refractivity contribution in [3.8, 4) is 0 Å². The van der Waals surface area contributed by atoms with Crippen LogP contribution in [0.4, 0.5) is 0 Å². The summed E-state index contributed by atoms with van der Waals surface area (Å²) in [5.74, 6) is 0.343. The normalized spacial score (nSPS) is 32.0. The van der Waals surface area contributed by atoms with Gasteiger partial charge in [0.25, 0.3) is 0 Å². The maximum atomic E-state index is 9.00. The van der Waals surface area contributed by atoms with Crippen LogP contribution in [0.15, 0.2) is 12.5 Å². The summed E-state index contributed by atoms with van der Waals surface area (Å²) in [6, 6.07) is 0. The fraction of sp³-hybridized carbons (Fsp3) is 0.889. The highest BCUT2D eigenvalue weighted by Crippen LogP contribution is 2.45. The van der Waals surface area contributed by atoms with Crippen molar-refractivity contribution in [2.45, 2.75) is 64.8 Å². The Morgan fingerprint density at radius 3 is 2.52 bits per heavy atom. The van der Waals surface area contributed by atoms with E-state index in [4.69, 9.17) is 19.7 Å². The van der Waals surface area contributed by atoms with Crippen LogP contribution in [-0.4, -0.2) is 53.3 Å². The quantitative estimate of drug-likeness (QED) is 0.734. The minimum Gasteiger partial charge on any atom is -0.514 e. The zero-order chi connectivity index (χ0) is 16.9. The Labute approximate surface area is 140 Å². The average molecular weight is 327 g/mol. The van der Waals surface area contributed by atoms with Crippen LogP contribution in [0.1, 0.15) is 52.9 Å². The second kappa shape index (κ2) is 7.86. The number of hydrogen-bond donors (Lipinski definition) is 2. The maximum Gasteiger partial charge on any atom is 0.169 e. The molecule has 1 atom stereocenters. The van der Waals surface area contributed by atoms with Gasteiger partial charge >= 0.3 is 0 Å². The van der Waals surface area contributed by atoms with E-state index in [-0.39, 0.29) is 12.7 Å². The third kappa shape index (κ3) is 5.10. The van der Waals surface area contributed by atoms with Crippen LogP contribution in [-0.2, 0) is 9.47 Å². The molecule has 0 aromatic rings. The van der Waals surface area contributed by atoms with E-state index in [9.17, 15) is 0 Å². The number of rotatable bonds is 6. The van der Waals surface area contributed by atoms with Crippen LogP contribution < -0.4 is 0 Å². The second-order valence-corrected chi connectivity index (χ2v) is 7.97. The predicted molar refractivity (Wildman–Crippen MR) is 90.0 cm³/mol. The van der Waals surface area contributed by atoms with Gasteiger partial charge in [0.1, 0.15) is 6.10 Å². The summed E-state index contributed by atoms with van der Waals surface area (Å²) in [7, 11) is 0. The third-order valence-electron chi connectivity index (χ3n) is 5.20. The Morgan fingerprint density at radius 2 is 1.96 bits per heavy atom. The number of nitrogens with zero attached hydrogens (tertiary/aromatic N) is 1. The molecule has 1 aliphatic carbocycles. The van der Waals surface area contributed by atoms with E-state index in [1.807, 2.05) is 4.90 Å². The van der Waals surface area contributed by atoms with Crippen LogP contribution in [0.25, 0.3) is 0 Å². The molecular formula is C18H33NO4. The number of aliphatic hydroxyl groups is 2. The van der Waals surface area contributed by atoms with Gasteiger partial charge in [0.05, 0.1) is 12.9 Å². The standard InChI is InChI=1S/C18H33NO4/c1-17(2,3)15-5-7-18(8-6-15)22-14-16(23-18)13-19(10-12-21)9-4-11-20/h10,12,15-16,20-21H,4-9,11,13-14H2,1-3H3/b12-10+. The first-order valence-electron chi connectivity index (χ1n) is 8.86. The maximum absolute atomic E-state index is 9.00. The Hall–Kier alpha value is -0.780. The summed E-state index contributed by atoms with van der Waals surface area (Å²) in [5, 5.41) is 18.0. The molecule has 0 radical (unpaired) electrons. The molecule has 2 N–H and O–H groups in total. The molecule has 23 heavy (non-hydrogen) atoms. The molecule has 0 amide bonds. The molecule has 2 rings (SSSR count). The predicted octanol–water partition coefficient (Wildman–Crippen LogP) is 3.05. The highest BCUT2D eigenvalue weighted by atomic mass is 16.7. The average Bonchev–Trinajstić information content (AvgIpc) is 2.87. The first-order valence-corrected chi connectivity index (χ1v) is 8.86. The smallest absolute Gasteiger partial charge is 0.169 e. The molecule has 1 heterocycles. The van der Waals surface area contributed by atoms with E-state index in [0.717, 1.165) is 37.9 Å². The SMILES string of the molecule is CC(C)(C)C1CCC2(CC1)OCC(CN(/C=C/O)CCCO)O2. The molecule has 1 saturated carbocycles.